The Morgan fingerprint density at radius 3 is 2.30 bits per heavy atom. The Balaban J connectivity index is 1.26. The zero-order chi connectivity index (χ0) is 26.0. The second-order valence-electron chi connectivity index (χ2n) is 8.65. The molecule has 0 aliphatic carbocycles. The van der Waals surface area contributed by atoms with Gasteiger partial charge in [-0.1, -0.05) is 24.3 Å². The zero-order valence-corrected chi connectivity index (χ0v) is 19.7. The molecule has 0 radical (unpaired) electrons. The van der Waals surface area contributed by atoms with Crippen LogP contribution in [0.2, 0.25) is 0 Å². The molecular formula is C28H23F2N5O2. The first-order valence-corrected chi connectivity index (χ1v) is 11.5. The fraction of sp³-hybridized carbons (Fsp3) is 0.0714. The molecule has 37 heavy (non-hydrogen) atoms. The lowest BCUT2D eigenvalue weighted by Crippen LogP contribution is -2.20. The van der Waals surface area contributed by atoms with E-state index in [1.165, 1.54) is 24.3 Å². The van der Waals surface area contributed by atoms with Gasteiger partial charge in [0.05, 0.1) is 11.3 Å². The van der Waals surface area contributed by atoms with Crippen LogP contribution in [0.4, 0.5) is 42.0 Å². The molecule has 7 nitrogen and oxygen atoms in total. The number of hydrogen-bond acceptors (Lipinski definition) is 3. The van der Waals surface area contributed by atoms with Gasteiger partial charge in [-0.25, -0.2) is 13.6 Å². The van der Waals surface area contributed by atoms with Gasteiger partial charge in [-0.15, -0.1) is 0 Å². The number of aromatic nitrogens is 1. The Morgan fingerprint density at radius 1 is 0.865 bits per heavy atom. The van der Waals surface area contributed by atoms with Crippen LogP contribution in [0, 0.1) is 0 Å². The molecule has 0 spiro atoms. The zero-order valence-electron chi connectivity index (χ0n) is 19.7. The average Bonchev–Trinajstić information content (AvgIpc) is 3.46. The first-order chi connectivity index (χ1) is 17.7. The van der Waals surface area contributed by atoms with Crippen molar-refractivity contribution >= 4 is 52.0 Å². The van der Waals surface area contributed by atoms with Gasteiger partial charge in [0.1, 0.15) is 0 Å². The Morgan fingerprint density at radius 2 is 1.57 bits per heavy atom. The molecule has 0 bridgehead atoms. The fourth-order valence-corrected chi connectivity index (χ4v) is 4.01. The molecule has 1 aliphatic rings. The Kier molecular flexibility index (Phi) is 6.19. The number of carbonyl (C=O) groups is 2. The number of hydrogen-bond donors (Lipinski definition) is 5. The van der Waals surface area contributed by atoms with Crippen LogP contribution >= 0.6 is 0 Å². The number of amides is 3. The second kappa shape index (κ2) is 9.62. The maximum absolute atomic E-state index is 13.6. The van der Waals surface area contributed by atoms with Gasteiger partial charge in [-0.2, -0.15) is 0 Å². The normalized spacial score (nSPS) is 13.7. The van der Waals surface area contributed by atoms with E-state index >= 15 is 0 Å². The largest absolute Gasteiger partial charge is 0.362 e. The molecule has 0 saturated carbocycles. The van der Waals surface area contributed by atoms with E-state index < -0.39 is 12.0 Å². The highest BCUT2D eigenvalue weighted by molar-refractivity contribution is 6.35. The lowest BCUT2D eigenvalue weighted by molar-refractivity contribution is -0.110. The van der Waals surface area contributed by atoms with Gasteiger partial charge in [0.15, 0.2) is 0 Å². The number of nitrogens with one attached hydrogen (secondary N) is 5. The van der Waals surface area contributed by atoms with Crippen LogP contribution in [0.15, 0.2) is 85.1 Å². The van der Waals surface area contributed by atoms with E-state index in [0.29, 0.717) is 22.6 Å². The van der Waals surface area contributed by atoms with Crippen molar-refractivity contribution in [1.82, 2.24) is 4.98 Å². The molecule has 0 saturated heterocycles. The Bertz CT molecular complexity index is 1510. The molecule has 1 aromatic heterocycles. The number of rotatable bonds is 6. The van der Waals surface area contributed by atoms with E-state index in [9.17, 15) is 18.4 Å². The number of H-pyrrole nitrogens is 1. The molecule has 4 aromatic rings. The molecule has 1 aliphatic heterocycles. The lowest BCUT2D eigenvalue weighted by atomic mass is 10.1. The summed E-state index contributed by atoms with van der Waals surface area (Å²) in [4.78, 5) is 28.0. The minimum atomic E-state index is -3.01. The summed E-state index contributed by atoms with van der Waals surface area (Å²) in [5.74, 6) is -3.18. The minimum Gasteiger partial charge on any atom is -0.362 e. The molecule has 186 valence electrons. The number of fused-ring (bicyclic) bond motifs is 1. The van der Waals surface area contributed by atoms with Crippen LogP contribution in [-0.4, -0.2) is 16.9 Å². The monoisotopic (exact) mass is 499 g/mol. The Labute approximate surface area is 211 Å². The van der Waals surface area contributed by atoms with Crippen molar-refractivity contribution in [3.63, 3.8) is 0 Å². The first kappa shape index (κ1) is 23.8. The van der Waals surface area contributed by atoms with Crippen LogP contribution < -0.4 is 21.3 Å². The van der Waals surface area contributed by atoms with Gasteiger partial charge >= 0.3 is 6.03 Å². The summed E-state index contributed by atoms with van der Waals surface area (Å²) in [5.41, 5.74) is 4.95. The van der Waals surface area contributed by atoms with Gasteiger partial charge in [0.25, 0.3) is 11.8 Å². The van der Waals surface area contributed by atoms with Gasteiger partial charge in [0.2, 0.25) is 0 Å². The minimum absolute atomic E-state index is 0.174. The van der Waals surface area contributed by atoms with Crippen LogP contribution in [-0.2, 0) is 10.7 Å². The smallest absolute Gasteiger partial charge is 0.323 e. The van der Waals surface area contributed by atoms with Crippen LogP contribution in [0.25, 0.3) is 11.6 Å². The van der Waals surface area contributed by atoms with Crippen molar-refractivity contribution in [2.24, 2.45) is 0 Å². The summed E-state index contributed by atoms with van der Waals surface area (Å²) in [5, 5.41) is 11.4. The molecule has 2 heterocycles. The SMILES string of the molecule is CC(F)(F)c1cccc(NC(=O)Nc2cccc(Nc3ccc4c(c3)NC(=O)C4=Cc3ccc[nH]3)c2)c1. The van der Waals surface area contributed by atoms with E-state index in [1.54, 1.807) is 30.5 Å². The second-order valence-corrected chi connectivity index (χ2v) is 8.65. The highest BCUT2D eigenvalue weighted by Crippen LogP contribution is 2.36. The maximum atomic E-state index is 13.6. The van der Waals surface area contributed by atoms with E-state index in [-0.39, 0.29) is 17.2 Å². The summed E-state index contributed by atoms with van der Waals surface area (Å²) < 4.78 is 27.1. The predicted molar refractivity (Wildman–Crippen MR) is 142 cm³/mol. The number of urea groups is 1. The highest BCUT2D eigenvalue weighted by Gasteiger charge is 2.25. The number of aromatic amines is 1. The standard InChI is InChI=1S/C28H23F2N5O2/c1-28(29,30)17-5-2-6-19(13-17)33-27(37)34-21-8-3-7-20(14-21)32-22-10-11-23-24(15-18-9-4-12-31-18)26(36)35-25(23)16-22/h2-16,31-32H,1H3,(H,35,36)(H2,33,34,37). The van der Waals surface area contributed by atoms with E-state index in [1.807, 2.05) is 36.4 Å². The molecule has 0 unspecified atom stereocenters. The summed E-state index contributed by atoms with van der Waals surface area (Å²) in [6.45, 7) is 0.804. The van der Waals surface area contributed by atoms with Crippen molar-refractivity contribution in [1.29, 1.82) is 0 Å². The summed E-state index contributed by atoms with van der Waals surface area (Å²) in [6.07, 6.45) is 3.60. The van der Waals surface area contributed by atoms with E-state index in [4.69, 9.17) is 0 Å². The van der Waals surface area contributed by atoms with Gasteiger partial charge in [-0.3, -0.25) is 4.79 Å². The van der Waals surface area contributed by atoms with Crippen molar-refractivity contribution in [3.05, 3.63) is 102 Å². The topological polar surface area (TPSA) is 98.0 Å². The first-order valence-electron chi connectivity index (χ1n) is 11.5. The van der Waals surface area contributed by atoms with Crippen LogP contribution in [0.5, 0.6) is 0 Å². The van der Waals surface area contributed by atoms with Crippen molar-refractivity contribution < 1.29 is 18.4 Å². The van der Waals surface area contributed by atoms with E-state index in [0.717, 1.165) is 23.9 Å². The average molecular weight is 500 g/mol. The number of halogens is 2. The molecule has 5 rings (SSSR count). The molecule has 3 amide bonds. The number of carbonyl (C=O) groups excluding carboxylic acids is 2. The lowest BCUT2D eigenvalue weighted by Gasteiger charge is -2.13. The van der Waals surface area contributed by atoms with Crippen LogP contribution in [0.1, 0.15) is 23.7 Å². The molecular weight excluding hydrogens is 476 g/mol. The van der Waals surface area contributed by atoms with Gasteiger partial charge in [-0.05, 0) is 60.7 Å². The molecule has 5 N–H and O–H groups in total. The van der Waals surface area contributed by atoms with Crippen molar-refractivity contribution in [3.8, 4) is 0 Å². The quantitative estimate of drug-likeness (QED) is 0.185. The van der Waals surface area contributed by atoms with Crippen molar-refractivity contribution in [2.75, 3.05) is 21.3 Å². The fourth-order valence-electron chi connectivity index (χ4n) is 4.01. The Hall–Kier alpha value is -4.92. The van der Waals surface area contributed by atoms with E-state index in [2.05, 4.69) is 26.3 Å². The summed E-state index contributed by atoms with van der Waals surface area (Å²) >= 11 is 0. The molecule has 0 atom stereocenters. The predicted octanol–water partition coefficient (Wildman–Crippen LogP) is 7.01. The third-order valence-corrected chi connectivity index (χ3v) is 5.76. The van der Waals surface area contributed by atoms with Gasteiger partial charge in [0, 0.05) is 52.7 Å². The summed E-state index contributed by atoms with van der Waals surface area (Å²) in [6, 6.07) is 21.4. The number of benzene rings is 3. The molecule has 3 aromatic carbocycles. The van der Waals surface area contributed by atoms with Gasteiger partial charge < -0.3 is 26.3 Å². The number of anilines is 5. The van der Waals surface area contributed by atoms with Crippen LogP contribution in [0.3, 0.4) is 0 Å². The summed E-state index contributed by atoms with van der Waals surface area (Å²) in [7, 11) is 0. The maximum Gasteiger partial charge on any atom is 0.323 e. The van der Waals surface area contributed by atoms with Crippen molar-refractivity contribution in [2.45, 2.75) is 12.8 Å². The third kappa shape index (κ3) is 5.51. The molecule has 0 fully saturated rings. The number of alkyl halides is 2. The highest BCUT2D eigenvalue weighted by atomic mass is 19.3. The molecule has 9 heteroatoms. The third-order valence-electron chi connectivity index (χ3n) is 5.76.